The van der Waals surface area contributed by atoms with Crippen LogP contribution in [-0.4, -0.2) is 28.9 Å². The predicted octanol–water partition coefficient (Wildman–Crippen LogP) is 2.39. The molecule has 1 aromatic rings. The molecule has 1 saturated carbocycles. The Hall–Kier alpha value is -1.89. The quantitative estimate of drug-likeness (QED) is 0.687. The summed E-state index contributed by atoms with van der Waals surface area (Å²) in [6.07, 6.45) is 1.84. The SMILES string of the molecule is CC(=O)NC(CC(=O)N[C@H]1CC[C@@H](C(=O)O)C1)c1ccc(Br)cc1. The van der Waals surface area contributed by atoms with Crippen molar-refractivity contribution in [2.75, 3.05) is 0 Å². The third-order valence-corrected chi connectivity index (χ3v) is 4.72. The maximum atomic E-state index is 12.3. The Labute approximate surface area is 149 Å². The molecule has 1 aromatic carbocycles. The molecule has 2 rings (SSSR count). The normalized spacial score (nSPS) is 21.1. The minimum Gasteiger partial charge on any atom is -0.481 e. The van der Waals surface area contributed by atoms with Gasteiger partial charge in [0.25, 0.3) is 0 Å². The van der Waals surface area contributed by atoms with Crippen LogP contribution in [0.1, 0.15) is 44.2 Å². The van der Waals surface area contributed by atoms with Gasteiger partial charge in [-0.3, -0.25) is 14.4 Å². The number of halogens is 1. The zero-order valence-electron chi connectivity index (χ0n) is 13.4. The summed E-state index contributed by atoms with van der Waals surface area (Å²) in [6.45, 7) is 1.41. The van der Waals surface area contributed by atoms with Crippen molar-refractivity contribution in [2.24, 2.45) is 5.92 Å². The molecule has 0 radical (unpaired) electrons. The first-order valence-electron chi connectivity index (χ1n) is 7.90. The van der Waals surface area contributed by atoms with E-state index >= 15 is 0 Å². The van der Waals surface area contributed by atoms with Crippen LogP contribution in [0.25, 0.3) is 0 Å². The fourth-order valence-electron chi connectivity index (χ4n) is 3.00. The van der Waals surface area contributed by atoms with E-state index in [2.05, 4.69) is 26.6 Å². The molecule has 0 heterocycles. The van der Waals surface area contributed by atoms with E-state index in [4.69, 9.17) is 5.11 Å². The van der Waals surface area contributed by atoms with Gasteiger partial charge in [0.05, 0.1) is 18.4 Å². The van der Waals surface area contributed by atoms with Gasteiger partial charge >= 0.3 is 5.97 Å². The summed E-state index contributed by atoms with van der Waals surface area (Å²) in [4.78, 5) is 34.7. The van der Waals surface area contributed by atoms with E-state index < -0.39 is 12.0 Å². The third-order valence-electron chi connectivity index (χ3n) is 4.19. The van der Waals surface area contributed by atoms with Crippen molar-refractivity contribution in [2.45, 2.75) is 44.7 Å². The lowest BCUT2D eigenvalue weighted by Crippen LogP contribution is -2.37. The standard InChI is InChI=1S/C17H21BrN2O4/c1-10(21)19-15(11-2-5-13(18)6-3-11)9-16(22)20-14-7-4-12(8-14)17(23)24/h2-3,5-6,12,14-15H,4,7-9H2,1H3,(H,19,21)(H,20,22)(H,23,24)/t12-,14+,15?/m1/s1. The van der Waals surface area contributed by atoms with Crippen LogP contribution in [0.3, 0.4) is 0 Å². The van der Waals surface area contributed by atoms with Crippen LogP contribution in [-0.2, 0) is 14.4 Å². The van der Waals surface area contributed by atoms with Crippen molar-refractivity contribution >= 4 is 33.7 Å². The van der Waals surface area contributed by atoms with Gasteiger partial charge in [-0.1, -0.05) is 28.1 Å². The van der Waals surface area contributed by atoms with E-state index in [0.717, 1.165) is 10.0 Å². The van der Waals surface area contributed by atoms with Gasteiger partial charge < -0.3 is 15.7 Å². The largest absolute Gasteiger partial charge is 0.481 e. The van der Waals surface area contributed by atoms with Crippen LogP contribution in [0.15, 0.2) is 28.7 Å². The minimum atomic E-state index is -0.808. The maximum Gasteiger partial charge on any atom is 0.306 e. The first kappa shape index (κ1) is 18.4. The number of carbonyl (C=O) groups excluding carboxylic acids is 2. The van der Waals surface area contributed by atoms with Crippen molar-refractivity contribution in [3.05, 3.63) is 34.3 Å². The summed E-state index contributed by atoms with van der Waals surface area (Å²) in [5, 5.41) is 14.7. The van der Waals surface area contributed by atoms with Gasteiger partial charge in [0.15, 0.2) is 0 Å². The molecule has 1 fully saturated rings. The summed E-state index contributed by atoms with van der Waals surface area (Å²) in [5.74, 6) is -1.58. The average Bonchev–Trinajstić information content (AvgIpc) is 2.95. The molecule has 1 aliphatic carbocycles. The molecule has 6 nitrogen and oxygen atoms in total. The van der Waals surface area contributed by atoms with Crippen LogP contribution >= 0.6 is 15.9 Å². The summed E-state index contributed by atoms with van der Waals surface area (Å²) < 4.78 is 0.919. The molecule has 24 heavy (non-hydrogen) atoms. The number of carboxylic acids is 1. The lowest BCUT2D eigenvalue weighted by atomic mass is 10.0. The average molecular weight is 397 g/mol. The molecule has 3 atom stereocenters. The highest BCUT2D eigenvalue weighted by atomic mass is 79.9. The van der Waals surface area contributed by atoms with Crippen LogP contribution < -0.4 is 10.6 Å². The van der Waals surface area contributed by atoms with Gasteiger partial charge in [-0.15, -0.1) is 0 Å². The minimum absolute atomic E-state index is 0.110. The fourth-order valence-corrected chi connectivity index (χ4v) is 3.27. The number of rotatable bonds is 6. The van der Waals surface area contributed by atoms with Crippen LogP contribution in [0.4, 0.5) is 0 Å². The zero-order chi connectivity index (χ0) is 17.7. The lowest BCUT2D eigenvalue weighted by Gasteiger charge is -2.20. The molecular weight excluding hydrogens is 376 g/mol. The molecule has 7 heteroatoms. The number of aliphatic carboxylic acids is 1. The van der Waals surface area contributed by atoms with Gasteiger partial charge in [-0.05, 0) is 37.0 Å². The Morgan fingerprint density at radius 1 is 1.25 bits per heavy atom. The number of hydrogen-bond donors (Lipinski definition) is 3. The van der Waals surface area contributed by atoms with Crippen molar-refractivity contribution in [3.8, 4) is 0 Å². The Kier molecular flexibility index (Phi) is 6.36. The summed E-state index contributed by atoms with van der Waals surface area (Å²) >= 11 is 3.36. The smallest absolute Gasteiger partial charge is 0.306 e. The highest BCUT2D eigenvalue weighted by molar-refractivity contribution is 9.10. The molecule has 0 spiro atoms. The number of carbonyl (C=O) groups is 3. The number of benzene rings is 1. The van der Waals surface area contributed by atoms with Gasteiger partial charge in [0, 0.05) is 17.4 Å². The Bertz CT molecular complexity index is 618. The van der Waals surface area contributed by atoms with Gasteiger partial charge in [-0.2, -0.15) is 0 Å². The van der Waals surface area contributed by atoms with Gasteiger partial charge in [0.2, 0.25) is 11.8 Å². The van der Waals surface area contributed by atoms with Gasteiger partial charge in [0.1, 0.15) is 0 Å². The number of nitrogens with one attached hydrogen (secondary N) is 2. The fraction of sp³-hybridized carbons (Fsp3) is 0.471. The number of hydrogen-bond acceptors (Lipinski definition) is 3. The zero-order valence-corrected chi connectivity index (χ0v) is 15.0. The van der Waals surface area contributed by atoms with Crippen LogP contribution in [0, 0.1) is 5.92 Å². The second-order valence-corrected chi connectivity index (χ2v) is 7.04. The summed E-state index contributed by atoms with van der Waals surface area (Å²) in [5.41, 5.74) is 0.846. The summed E-state index contributed by atoms with van der Waals surface area (Å²) in [7, 11) is 0. The predicted molar refractivity (Wildman–Crippen MR) is 92.2 cm³/mol. The molecule has 0 bridgehead atoms. The summed E-state index contributed by atoms with van der Waals surface area (Å²) in [6, 6.07) is 6.91. The van der Waals surface area contributed by atoms with E-state index in [1.54, 1.807) is 0 Å². The molecule has 0 saturated heterocycles. The van der Waals surface area contributed by atoms with Crippen molar-refractivity contribution in [3.63, 3.8) is 0 Å². The number of carboxylic acid groups (broad SMARTS) is 1. The van der Waals surface area contributed by atoms with Crippen LogP contribution in [0.2, 0.25) is 0 Å². The molecule has 130 valence electrons. The highest BCUT2D eigenvalue weighted by Gasteiger charge is 2.31. The molecule has 0 aliphatic heterocycles. The van der Waals surface area contributed by atoms with E-state index in [0.29, 0.717) is 19.3 Å². The maximum absolute atomic E-state index is 12.3. The lowest BCUT2D eigenvalue weighted by molar-refractivity contribution is -0.141. The molecule has 1 aliphatic rings. The Morgan fingerprint density at radius 3 is 2.46 bits per heavy atom. The first-order chi connectivity index (χ1) is 11.3. The van der Waals surface area contributed by atoms with E-state index in [1.165, 1.54) is 6.92 Å². The monoisotopic (exact) mass is 396 g/mol. The molecule has 1 unspecified atom stereocenters. The van der Waals surface area contributed by atoms with Crippen molar-refractivity contribution in [1.29, 1.82) is 0 Å². The van der Waals surface area contributed by atoms with E-state index in [9.17, 15) is 14.4 Å². The van der Waals surface area contributed by atoms with Gasteiger partial charge in [-0.25, -0.2) is 0 Å². The Balaban J connectivity index is 1.96. The molecule has 0 aromatic heterocycles. The third kappa shape index (κ3) is 5.33. The molecule has 3 N–H and O–H groups in total. The van der Waals surface area contributed by atoms with Crippen LogP contribution in [0.5, 0.6) is 0 Å². The van der Waals surface area contributed by atoms with E-state index in [-0.39, 0.29) is 30.2 Å². The van der Waals surface area contributed by atoms with Crippen molar-refractivity contribution < 1.29 is 19.5 Å². The van der Waals surface area contributed by atoms with Crippen molar-refractivity contribution in [1.82, 2.24) is 10.6 Å². The topological polar surface area (TPSA) is 95.5 Å². The molecular formula is C17H21BrN2O4. The molecule has 2 amide bonds. The van der Waals surface area contributed by atoms with E-state index in [1.807, 2.05) is 24.3 Å². The Morgan fingerprint density at radius 2 is 1.92 bits per heavy atom. The highest BCUT2D eigenvalue weighted by Crippen LogP contribution is 2.26. The first-order valence-corrected chi connectivity index (χ1v) is 8.69. The second kappa shape index (κ2) is 8.28. The number of amides is 2. The second-order valence-electron chi connectivity index (χ2n) is 6.12.